The second-order valence-electron chi connectivity index (χ2n) is 6.91. The van der Waals surface area contributed by atoms with Crippen molar-refractivity contribution >= 4 is 11.9 Å². The van der Waals surface area contributed by atoms with Gasteiger partial charge in [0.2, 0.25) is 5.91 Å². The number of carbonyl (C=O) groups excluding carboxylic acids is 2. The van der Waals surface area contributed by atoms with Gasteiger partial charge in [-0.3, -0.25) is 4.79 Å². The molecule has 0 aliphatic rings. The van der Waals surface area contributed by atoms with E-state index >= 15 is 0 Å². The molecule has 2 rings (SSSR count). The van der Waals surface area contributed by atoms with Crippen LogP contribution in [-0.2, 0) is 27.2 Å². The van der Waals surface area contributed by atoms with Gasteiger partial charge in [-0.15, -0.1) is 0 Å². The first-order chi connectivity index (χ1) is 14.3. The molecular formula is C22H27NO7. The van der Waals surface area contributed by atoms with Crippen molar-refractivity contribution in [1.29, 1.82) is 0 Å². The summed E-state index contributed by atoms with van der Waals surface area (Å²) in [7, 11) is 0. The number of hydrogen-bond donors (Lipinski definition) is 5. The lowest BCUT2D eigenvalue weighted by molar-refractivity contribution is -0.147. The van der Waals surface area contributed by atoms with E-state index in [-0.39, 0.29) is 49.7 Å². The molecule has 5 N–H and O–H groups in total. The Labute approximate surface area is 174 Å². The number of aromatic hydroxyl groups is 3. The van der Waals surface area contributed by atoms with Crippen molar-refractivity contribution in [2.75, 3.05) is 13.2 Å². The Hall–Kier alpha value is -3.26. The first-order valence-electron chi connectivity index (χ1n) is 9.70. The third-order valence-electron chi connectivity index (χ3n) is 4.65. The number of phenolic OH excluding ortho intramolecular Hbond substituents is 3. The number of ether oxygens (including phenoxy) is 1. The van der Waals surface area contributed by atoms with Crippen molar-refractivity contribution in [1.82, 2.24) is 5.32 Å². The lowest BCUT2D eigenvalue weighted by atomic mass is 9.94. The van der Waals surface area contributed by atoms with Crippen LogP contribution >= 0.6 is 0 Å². The molecule has 0 fully saturated rings. The SMILES string of the molecule is CCOC(=O)C(Cc1ccc(O)cc1)NC(=O)C(CCO)Cc1ccc(O)cc1O. The van der Waals surface area contributed by atoms with E-state index in [1.54, 1.807) is 19.1 Å². The van der Waals surface area contributed by atoms with Crippen LogP contribution in [0.3, 0.4) is 0 Å². The molecule has 30 heavy (non-hydrogen) atoms. The van der Waals surface area contributed by atoms with E-state index in [1.165, 1.54) is 30.3 Å². The fourth-order valence-corrected chi connectivity index (χ4v) is 3.07. The number of amides is 1. The van der Waals surface area contributed by atoms with Gasteiger partial charge < -0.3 is 30.5 Å². The van der Waals surface area contributed by atoms with Gasteiger partial charge in [-0.1, -0.05) is 18.2 Å². The second kappa shape index (κ2) is 11.1. The minimum atomic E-state index is -0.948. The maximum atomic E-state index is 12.9. The summed E-state index contributed by atoms with van der Waals surface area (Å²) < 4.78 is 5.07. The van der Waals surface area contributed by atoms with Gasteiger partial charge in [-0.25, -0.2) is 4.79 Å². The topological polar surface area (TPSA) is 136 Å². The van der Waals surface area contributed by atoms with E-state index in [0.717, 1.165) is 5.56 Å². The molecule has 2 aromatic carbocycles. The third-order valence-corrected chi connectivity index (χ3v) is 4.65. The summed E-state index contributed by atoms with van der Waals surface area (Å²) in [4.78, 5) is 25.3. The molecule has 8 heteroatoms. The van der Waals surface area contributed by atoms with Gasteiger partial charge in [0.1, 0.15) is 23.3 Å². The summed E-state index contributed by atoms with van der Waals surface area (Å²) in [6, 6.07) is 9.40. The van der Waals surface area contributed by atoms with Crippen molar-refractivity contribution in [3.63, 3.8) is 0 Å². The Morgan fingerprint density at radius 1 is 1.00 bits per heavy atom. The molecule has 0 aliphatic carbocycles. The Morgan fingerprint density at radius 3 is 2.27 bits per heavy atom. The van der Waals surface area contributed by atoms with Gasteiger partial charge in [-0.05, 0) is 49.1 Å². The average molecular weight is 417 g/mol. The monoisotopic (exact) mass is 417 g/mol. The highest BCUT2D eigenvalue weighted by Crippen LogP contribution is 2.26. The number of esters is 1. The predicted molar refractivity (Wildman–Crippen MR) is 109 cm³/mol. The van der Waals surface area contributed by atoms with E-state index in [9.17, 15) is 30.0 Å². The van der Waals surface area contributed by atoms with Gasteiger partial charge in [0.15, 0.2) is 0 Å². The van der Waals surface area contributed by atoms with Crippen molar-refractivity contribution in [2.45, 2.75) is 32.2 Å². The first kappa shape index (κ1) is 23.0. The molecule has 0 radical (unpaired) electrons. The molecule has 0 saturated carbocycles. The molecule has 2 aromatic rings. The van der Waals surface area contributed by atoms with E-state index < -0.39 is 23.8 Å². The predicted octanol–water partition coefficient (Wildman–Crippen LogP) is 1.64. The van der Waals surface area contributed by atoms with Crippen molar-refractivity contribution in [3.05, 3.63) is 53.6 Å². The molecule has 0 saturated heterocycles. The zero-order valence-corrected chi connectivity index (χ0v) is 16.7. The van der Waals surface area contributed by atoms with Gasteiger partial charge in [0, 0.05) is 25.0 Å². The summed E-state index contributed by atoms with van der Waals surface area (Å²) in [6.45, 7) is 1.57. The van der Waals surface area contributed by atoms with E-state index in [2.05, 4.69) is 5.32 Å². The zero-order chi connectivity index (χ0) is 22.1. The van der Waals surface area contributed by atoms with E-state index in [1.807, 2.05) is 0 Å². The fourth-order valence-electron chi connectivity index (χ4n) is 3.07. The number of aliphatic hydroxyl groups is 1. The quantitative estimate of drug-likeness (QED) is 0.371. The van der Waals surface area contributed by atoms with Crippen LogP contribution in [-0.4, -0.2) is 51.6 Å². The van der Waals surface area contributed by atoms with Gasteiger partial charge in [-0.2, -0.15) is 0 Å². The van der Waals surface area contributed by atoms with E-state index in [4.69, 9.17) is 4.74 Å². The van der Waals surface area contributed by atoms with Gasteiger partial charge in [0.05, 0.1) is 6.61 Å². The summed E-state index contributed by atoms with van der Waals surface area (Å²) in [5, 5.41) is 40.9. The summed E-state index contributed by atoms with van der Waals surface area (Å²) in [6.07, 6.45) is 0.412. The number of phenols is 3. The molecule has 0 heterocycles. The molecule has 0 aliphatic heterocycles. The molecule has 2 atom stereocenters. The second-order valence-corrected chi connectivity index (χ2v) is 6.91. The highest BCUT2D eigenvalue weighted by Gasteiger charge is 2.27. The van der Waals surface area contributed by atoms with Crippen LogP contribution in [0.25, 0.3) is 0 Å². The third kappa shape index (κ3) is 6.66. The molecule has 1 amide bonds. The first-order valence-corrected chi connectivity index (χ1v) is 9.70. The van der Waals surface area contributed by atoms with Gasteiger partial charge in [0.25, 0.3) is 0 Å². The molecule has 8 nitrogen and oxygen atoms in total. The van der Waals surface area contributed by atoms with Crippen LogP contribution < -0.4 is 5.32 Å². The molecule has 2 unspecified atom stereocenters. The molecule has 0 aromatic heterocycles. The Balaban J connectivity index is 2.16. The number of carbonyl (C=O) groups is 2. The number of hydrogen-bond acceptors (Lipinski definition) is 7. The van der Waals surface area contributed by atoms with Crippen molar-refractivity contribution in [3.8, 4) is 17.2 Å². The molecule has 162 valence electrons. The lowest BCUT2D eigenvalue weighted by Crippen LogP contribution is -2.46. The Morgan fingerprint density at radius 2 is 1.67 bits per heavy atom. The number of nitrogens with one attached hydrogen (secondary N) is 1. The van der Waals surface area contributed by atoms with Crippen LogP contribution in [0.1, 0.15) is 24.5 Å². The summed E-state index contributed by atoms with van der Waals surface area (Å²) >= 11 is 0. The van der Waals surface area contributed by atoms with Crippen LogP contribution in [0.4, 0.5) is 0 Å². The Kier molecular flexibility index (Phi) is 8.49. The molecule has 0 spiro atoms. The van der Waals surface area contributed by atoms with Crippen LogP contribution in [0, 0.1) is 5.92 Å². The average Bonchev–Trinajstić information content (AvgIpc) is 2.70. The van der Waals surface area contributed by atoms with Crippen molar-refractivity contribution in [2.24, 2.45) is 5.92 Å². The van der Waals surface area contributed by atoms with Crippen LogP contribution in [0.15, 0.2) is 42.5 Å². The molecular weight excluding hydrogens is 390 g/mol. The van der Waals surface area contributed by atoms with E-state index in [0.29, 0.717) is 5.56 Å². The highest BCUT2D eigenvalue weighted by molar-refractivity contribution is 5.86. The standard InChI is InChI=1S/C22H27NO7/c1-2-30-22(29)19(11-14-3-6-17(25)7-4-14)23-21(28)16(9-10-24)12-15-5-8-18(26)13-20(15)27/h3-8,13,16,19,24-27H,2,9-12H2,1H3,(H,23,28). The smallest absolute Gasteiger partial charge is 0.328 e. The summed E-state index contributed by atoms with van der Waals surface area (Å²) in [5.41, 5.74) is 1.16. The van der Waals surface area contributed by atoms with Crippen molar-refractivity contribution < 1.29 is 34.8 Å². The minimum absolute atomic E-state index is 0.0900. The normalized spacial score (nSPS) is 12.7. The minimum Gasteiger partial charge on any atom is -0.508 e. The highest BCUT2D eigenvalue weighted by atomic mass is 16.5. The maximum absolute atomic E-state index is 12.9. The summed E-state index contributed by atoms with van der Waals surface area (Å²) in [5.74, 6) is -1.93. The maximum Gasteiger partial charge on any atom is 0.328 e. The zero-order valence-electron chi connectivity index (χ0n) is 16.7. The fraction of sp³-hybridized carbons (Fsp3) is 0.364. The number of rotatable bonds is 10. The lowest BCUT2D eigenvalue weighted by Gasteiger charge is -2.22. The Bertz CT molecular complexity index is 851. The van der Waals surface area contributed by atoms with Crippen LogP contribution in [0.5, 0.6) is 17.2 Å². The van der Waals surface area contributed by atoms with Gasteiger partial charge >= 0.3 is 5.97 Å². The van der Waals surface area contributed by atoms with Crippen LogP contribution in [0.2, 0.25) is 0 Å². The largest absolute Gasteiger partial charge is 0.508 e. The number of benzene rings is 2. The number of aliphatic hydroxyl groups excluding tert-OH is 1. The molecule has 0 bridgehead atoms.